The smallest absolute Gasteiger partial charge is 0.403 e. The van der Waals surface area contributed by atoms with Gasteiger partial charge in [0.15, 0.2) is 20.7 Å². The summed E-state index contributed by atoms with van der Waals surface area (Å²) in [5.41, 5.74) is 0. The lowest BCUT2D eigenvalue weighted by atomic mass is 10.1. The monoisotopic (exact) mass is 300 g/mol. The van der Waals surface area contributed by atoms with Gasteiger partial charge in [-0.25, -0.2) is 0 Å². The van der Waals surface area contributed by atoms with Crippen molar-refractivity contribution in [2.24, 2.45) is 0 Å². The standard InChI is InChI=1S/C12H23F3O3Si/c1-11(2,3)19(4,5)18-10(12(13,14)15)8-6-7-9(16)17-8/h8-10,16H,6-7H2,1-5H3. The summed E-state index contributed by atoms with van der Waals surface area (Å²) >= 11 is 0. The first-order valence-corrected chi connectivity index (χ1v) is 9.33. The van der Waals surface area contributed by atoms with E-state index in [9.17, 15) is 18.3 Å². The maximum Gasteiger partial charge on any atom is 0.415 e. The Labute approximate surface area is 113 Å². The van der Waals surface area contributed by atoms with Gasteiger partial charge in [0.05, 0.1) is 6.10 Å². The van der Waals surface area contributed by atoms with Gasteiger partial charge in [0.2, 0.25) is 0 Å². The SMILES string of the molecule is CC(C)(C)[Si](C)(C)OC(C1CCC(O)O1)C(F)(F)F. The number of ether oxygens (including phenoxy) is 1. The molecule has 0 aromatic carbocycles. The van der Waals surface area contributed by atoms with E-state index in [-0.39, 0.29) is 17.9 Å². The molecule has 0 aromatic heterocycles. The van der Waals surface area contributed by atoms with Crippen molar-refractivity contribution in [2.75, 3.05) is 0 Å². The van der Waals surface area contributed by atoms with Crippen molar-refractivity contribution in [1.82, 2.24) is 0 Å². The molecule has 3 nitrogen and oxygen atoms in total. The third kappa shape index (κ3) is 4.17. The molecule has 0 aromatic rings. The highest BCUT2D eigenvalue weighted by molar-refractivity contribution is 6.74. The van der Waals surface area contributed by atoms with Crippen LogP contribution in [0.2, 0.25) is 18.1 Å². The quantitative estimate of drug-likeness (QED) is 0.812. The molecule has 1 heterocycles. The second-order valence-electron chi connectivity index (χ2n) is 6.55. The maximum atomic E-state index is 13.2. The van der Waals surface area contributed by atoms with E-state index in [1.807, 2.05) is 20.8 Å². The van der Waals surface area contributed by atoms with Crippen molar-refractivity contribution in [3.8, 4) is 0 Å². The fraction of sp³-hybridized carbons (Fsp3) is 1.00. The normalized spacial score (nSPS) is 27.6. The van der Waals surface area contributed by atoms with Crippen molar-refractivity contribution in [2.45, 2.75) is 76.4 Å². The van der Waals surface area contributed by atoms with Crippen LogP contribution >= 0.6 is 0 Å². The van der Waals surface area contributed by atoms with Crippen LogP contribution in [0.4, 0.5) is 13.2 Å². The van der Waals surface area contributed by atoms with Crippen molar-refractivity contribution in [3.05, 3.63) is 0 Å². The predicted octanol–water partition coefficient (Wildman–Crippen LogP) is 3.44. The number of hydrogen-bond donors (Lipinski definition) is 1. The van der Waals surface area contributed by atoms with Crippen LogP contribution in [0.3, 0.4) is 0 Å². The Morgan fingerprint density at radius 2 is 1.74 bits per heavy atom. The number of aliphatic hydroxyl groups is 1. The average Bonchev–Trinajstić information content (AvgIpc) is 2.57. The minimum atomic E-state index is -4.48. The first-order chi connectivity index (χ1) is 8.34. The molecular formula is C12H23F3O3Si. The molecule has 1 aliphatic heterocycles. The predicted molar refractivity (Wildman–Crippen MR) is 68.2 cm³/mol. The van der Waals surface area contributed by atoms with Gasteiger partial charge in [-0.2, -0.15) is 13.2 Å². The van der Waals surface area contributed by atoms with Crippen molar-refractivity contribution >= 4 is 8.32 Å². The Bertz CT molecular complexity index is 312. The minimum absolute atomic E-state index is 0.167. The highest BCUT2D eigenvalue weighted by atomic mass is 28.4. The minimum Gasteiger partial charge on any atom is -0.403 e. The summed E-state index contributed by atoms with van der Waals surface area (Å²) in [4.78, 5) is 0. The number of halogens is 3. The molecule has 0 spiro atoms. The van der Waals surface area contributed by atoms with Crippen LogP contribution in [0.5, 0.6) is 0 Å². The van der Waals surface area contributed by atoms with E-state index >= 15 is 0 Å². The fourth-order valence-electron chi connectivity index (χ4n) is 1.72. The zero-order chi connectivity index (χ0) is 15.1. The van der Waals surface area contributed by atoms with Gasteiger partial charge >= 0.3 is 6.18 Å². The summed E-state index contributed by atoms with van der Waals surface area (Å²) in [5.74, 6) is 0. The van der Waals surface area contributed by atoms with Crippen LogP contribution in [0.15, 0.2) is 0 Å². The fourth-order valence-corrected chi connectivity index (χ4v) is 2.99. The molecule has 1 fully saturated rings. The number of rotatable bonds is 3. The molecule has 0 radical (unpaired) electrons. The van der Waals surface area contributed by atoms with Crippen LogP contribution in [0.1, 0.15) is 33.6 Å². The van der Waals surface area contributed by atoms with E-state index in [1.165, 1.54) is 0 Å². The summed E-state index contributed by atoms with van der Waals surface area (Å²) in [6.07, 6.45) is -8.27. The van der Waals surface area contributed by atoms with E-state index < -0.39 is 33.0 Å². The van der Waals surface area contributed by atoms with Crippen LogP contribution in [-0.2, 0) is 9.16 Å². The Morgan fingerprint density at radius 3 is 2.05 bits per heavy atom. The van der Waals surface area contributed by atoms with Crippen LogP contribution in [-0.4, -0.2) is 38.1 Å². The van der Waals surface area contributed by atoms with Crippen molar-refractivity contribution < 1.29 is 27.4 Å². The zero-order valence-electron chi connectivity index (χ0n) is 12.0. The topological polar surface area (TPSA) is 38.7 Å². The van der Waals surface area contributed by atoms with E-state index in [4.69, 9.17) is 9.16 Å². The molecule has 1 aliphatic rings. The summed E-state index contributed by atoms with van der Waals surface area (Å²) in [6, 6.07) is 0. The third-order valence-electron chi connectivity index (χ3n) is 3.92. The van der Waals surface area contributed by atoms with Crippen LogP contribution in [0.25, 0.3) is 0 Å². The lowest BCUT2D eigenvalue weighted by Gasteiger charge is -2.41. The third-order valence-corrected chi connectivity index (χ3v) is 8.37. The number of hydrogen-bond acceptors (Lipinski definition) is 3. The summed E-state index contributed by atoms with van der Waals surface area (Å²) in [5, 5.41) is 8.93. The van der Waals surface area contributed by atoms with E-state index in [0.717, 1.165) is 0 Å². The van der Waals surface area contributed by atoms with E-state index in [2.05, 4.69) is 0 Å². The molecule has 3 atom stereocenters. The molecule has 1 rings (SSSR count). The average molecular weight is 300 g/mol. The molecule has 0 amide bonds. The second-order valence-corrected chi connectivity index (χ2v) is 11.3. The van der Waals surface area contributed by atoms with Gasteiger partial charge in [-0.05, 0) is 24.6 Å². The van der Waals surface area contributed by atoms with E-state index in [1.54, 1.807) is 13.1 Å². The lowest BCUT2D eigenvalue weighted by Crippen LogP contribution is -2.52. The maximum absolute atomic E-state index is 13.2. The Hall–Kier alpha value is -0.113. The summed E-state index contributed by atoms with van der Waals surface area (Å²) in [6.45, 7) is 9.21. The van der Waals surface area contributed by atoms with E-state index in [0.29, 0.717) is 0 Å². The van der Waals surface area contributed by atoms with Gasteiger partial charge in [-0.1, -0.05) is 20.8 Å². The van der Waals surface area contributed by atoms with Gasteiger partial charge in [-0.3, -0.25) is 0 Å². The highest BCUT2D eigenvalue weighted by Crippen LogP contribution is 2.42. The Kier molecular flexibility index (Phi) is 4.77. The number of alkyl halides is 3. The van der Waals surface area contributed by atoms with Crippen LogP contribution in [0, 0.1) is 0 Å². The lowest BCUT2D eigenvalue weighted by molar-refractivity contribution is -0.238. The molecule has 1 saturated heterocycles. The molecular weight excluding hydrogens is 277 g/mol. The largest absolute Gasteiger partial charge is 0.415 e. The molecule has 3 unspecified atom stereocenters. The molecule has 0 bridgehead atoms. The summed E-state index contributed by atoms with van der Waals surface area (Å²) in [7, 11) is -2.55. The molecule has 1 N–H and O–H groups in total. The van der Waals surface area contributed by atoms with Crippen molar-refractivity contribution in [3.63, 3.8) is 0 Å². The number of aliphatic hydroxyl groups excluding tert-OH is 1. The van der Waals surface area contributed by atoms with Gasteiger partial charge in [-0.15, -0.1) is 0 Å². The first kappa shape index (κ1) is 16.9. The zero-order valence-corrected chi connectivity index (χ0v) is 13.0. The Morgan fingerprint density at radius 1 is 1.21 bits per heavy atom. The Balaban J connectivity index is 2.88. The molecule has 0 saturated carbocycles. The second kappa shape index (κ2) is 5.35. The summed E-state index contributed by atoms with van der Waals surface area (Å²) < 4.78 is 49.9. The van der Waals surface area contributed by atoms with Gasteiger partial charge in [0, 0.05) is 6.42 Å². The van der Waals surface area contributed by atoms with Gasteiger partial charge in [0.1, 0.15) is 0 Å². The molecule has 7 heteroatoms. The highest BCUT2D eigenvalue weighted by Gasteiger charge is 2.53. The molecule has 0 aliphatic carbocycles. The van der Waals surface area contributed by atoms with Crippen molar-refractivity contribution in [1.29, 1.82) is 0 Å². The molecule has 114 valence electrons. The van der Waals surface area contributed by atoms with Crippen LogP contribution < -0.4 is 0 Å². The van der Waals surface area contributed by atoms with Gasteiger partial charge < -0.3 is 14.3 Å². The van der Waals surface area contributed by atoms with Gasteiger partial charge in [0.25, 0.3) is 0 Å². The first-order valence-electron chi connectivity index (χ1n) is 6.42. The molecule has 19 heavy (non-hydrogen) atoms.